The standard InChI is InChI=1S/C20H25ClN4O12S4.C11H12N2O4S/c21-7-10-38(27,28)9-1-2-20(26)23-17-12-16(22)19(40(31,32)33)13-18(17)25-24-14-3-5-15(6-4-14)39(29,30)11-8-37-41(34,35)36;1-13-8-3-2-6-4-7(18(15,16)17)5-9(14)10(6)11(8)12/h3-6,12-13H,1-2,7-11,22H2,(H,23,26)(H,31,32,33)(H,34,35,36);2-5,13-14H,12H2,1H3,(H,15,16,17). The molecule has 0 heterocycles. The zero-order valence-electron chi connectivity index (χ0n) is 30.4. The number of fused-ring (bicyclic) bond motifs is 1. The molecule has 0 saturated carbocycles. The van der Waals surface area contributed by atoms with E-state index in [-0.39, 0.29) is 62.8 Å². The van der Waals surface area contributed by atoms with Gasteiger partial charge in [-0.3, -0.25) is 18.5 Å². The van der Waals surface area contributed by atoms with Crippen LogP contribution in [-0.4, -0.2) is 104 Å². The Bertz CT molecular complexity index is 2810. The first-order chi connectivity index (χ1) is 27.2. The topological polar surface area (TPSA) is 379 Å². The molecule has 0 bridgehead atoms. The molecule has 0 spiro atoms. The quantitative estimate of drug-likeness (QED) is 0.0326. The molecule has 4 aromatic rings. The predicted octanol–water partition coefficient (Wildman–Crippen LogP) is 3.31. The summed E-state index contributed by atoms with van der Waals surface area (Å²) in [5.41, 5.74) is 11.7. The lowest BCUT2D eigenvalue weighted by molar-refractivity contribution is -0.116. The molecule has 10 N–H and O–H groups in total. The molecule has 0 saturated heterocycles. The predicted molar refractivity (Wildman–Crippen MR) is 217 cm³/mol. The number of nitrogens with two attached hydrogens (primary N) is 2. The molecular weight excluding hydrogens is 908 g/mol. The molecule has 324 valence electrons. The van der Waals surface area contributed by atoms with Crippen LogP contribution in [0.5, 0.6) is 5.75 Å². The molecular formula is C31H37ClN6O16S5. The highest BCUT2D eigenvalue weighted by atomic mass is 35.5. The SMILES string of the molecule is CNc1ccc2cc(S(=O)(=O)O)cc(O)c2c1N.Nc1cc(NC(=O)CCCS(=O)(=O)CCCl)c(N=Nc2ccc(S(=O)(=O)CCOS(=O)(=O)O)cc2)cc1S(=O)(=O)O. The highest BCUT2D eigenvalue weighted by Crippen LogP contribution is 2.37. The molecule has 0 atom stereocenters. The summed E-state index contributed by atoms with van der Waals surface area (Å²) in [6, 6.07) is 12.0. The van der Waals surface area contributed by atoms with Crippen molar-refractivity contribution in [3.8, 4) is 5.75 Å². The van der Waals surface area contributed by atoms with Gasteiger partial charge in [0.25, 0.3) is 20.2 Å². The minimum absolute atomic E-state index is 0.0301. The fraction of sp³-hybridized carbons (Fsp3) is 0.258. The lowest BCUT2D eigenvalue weighted by atomic mass is 10.1. The number of alkyl halides is 1. The summed E-state index contributed by atoms with van der Waals surface area (Å²) in [4.78, 5) is 11.1. The molecule has 0 aliphatic heterocycles. The van der Waals surface area contributed by atoms with E-state index in [2.05, 4.69) is 25.0 Å². The molecule has 0 radical (unpaired) electrons. The number of halogens is 1. The van der Waals surface area contributed by atoms with Crippen LogP contribution >= 0.6 is 11.6 Å². The molecule has 28 heteroatoms. The number of phenolic OH excluding ortho intramolecular Hbond substituents is 1. The van der Waals surface area contributed by atoms with E-state index in [9.17, 15) is 56.5 Å². The van der Waals surface area contributed by atoms with Crippen molar-refractivity contribution in [2.24, 2.45) is 10.2 Å². The maximum Gasteiger partial charge on any atom is 0.397 e. The Kier molecular flexibility index (Phi) is 16.1. The summed E-state index contributed by atoms with van der Waals surface area (Å²) in [7, 11) is -19.7. The average Bonchev–Trinajstić information content (AvgIpc) is 3.10. The Balaban J connectivity index is 0.000000427. The van der Waals surface area contributed by atoms with Crippen molar-refractivity contribution in [3.63, 3.8) is 0 Å². The van der Waals surface area contributed by atoms with Crippen molar-refractivity contribution in [1.29, 1.82) is 0 Å². The Morgan fingerprint density at radius 1 is 0.780 bits per heavy atom. The first-order valence-corrected chi connectivity index (χ1v) is 24.5. The van der Waals surface area contributed by atoms with E-state index in [0.717, 1.165) is 30.3 Å². The maximum atomic E-state index is 12.4. The van der Waals surface area contributed by atoms with Crippen LogP contribution < -0.4 is 22.1 Å². The number of benzene rings is 4. The molecule has 0 aromatic heterocycles. The first kappa shape index (κ1) is 48.7. The van der Waals surface area contributed by atoms with Gasteiger partial charge in [0.2, 0.25) is 5.91 Å². The summed E-state index contributed by atoms with van der Waals surface area (Å²) in [6.45, 7) is -0.826. The van der Waals surface area contributed by atoms with E-state index in [1.165, 1.54) is 18.2 Å². The van der Waals surface area contributed by atoms with Crippen LogP contribution in [0.1, 0.15) is 12.8 Å². The number of carbonyl (C=O) groups excluding carboxylic acids is 1. The zero-order valence-corrected chi connectivity index (χ0v) is 35.2. The molecule has 0 aliphatic carbocycles. The fourth-order valence-corrected chi connectivity index (χ4v) is 9.26. The van der Waals surface area contributed by atoms with Gasteiger partial charge in [-0.1, -0.05) is 6.07 Å². The molecule has 59 heavy (non-hydrogen) atoms. The summed E-state index contributed by atoms with van der Waals surface area (Å²) in [6.07, 6.45) is -0.263. The molecule has 4 aromatic carbocycles. The van der Waals surface area contributed by atoms with Gasteiger partial charge in [-0.25, -0.2) is 21.0 Å². The second-order valence-electron chi connectivity index (χ2n) is 11.9. The highest BCUT2D eigenvalue weighted by Gasteiger charge is 2.21. The second-order valence-corrected chi connectivity index (χ2v) is 20.6. The largest absolute Gasteiger partial charge is 0.507 e. The number of azo groups is 1. The normalized spacial score (nSPS) is 12.6. The lowest BCUT2D eigenvalue weighted by Crippen LogP contribution is -2.16. The van der Waals surface area contributed by atoms with Crippen LogP contribution in [0, 0.1) is 0 Å². The van der Waals surface area contributed by atoms with Crippen molar-refractivity contribution >= 4 is 113 Å². The Morgan fingerprint density at radius 2 is 1.42 bits per heavy atom. The number of nitrogens with zero attached hydrogens (tertiary/aromatic N) is 2. The van der Waals surface area contributed by atoms with Crippen molar-refractivity contribution in [1.82, 2.24) is 0 Å². The van der Waals surface area contributed by atoms with Gasteiger partial charge in [-0.05, 0) is 60.3 Å². The minimum atomic E-state index is -4.82. The maximum absolute atomic E-state index is 12.4. The van der Waals surface area contributed by atoms with E-state index in [1.807, 2.05) is 0 Å². The minimum Gasteiger partial charge on any atom is -0.507 e. The monoisotopic (exact) mass is 944 g/mol. The van der Waals surface area contributed by atoms with Gasteiger partial charge < -0.3 is 27.2 Å². The van der Waals surface area contributed by atoms with E-state index in [4.69, 9.17) is 32.2 Å². The number of sulfone groups is 2. The Hall–Kier alpha value is -4.71. The fourth-order valence-electron chi connectivity index (χ4n) is 4.89. The van der Waals surface area contributed by atoms with Crippen LogP contribution in [0.2, 0.25) is 0 Å². The third-order valence-electron chi connectivity index (χ3n) is 7.66. The average molecular weight is 945 g/mol. The number of amides is 1. The number of nitrogens with one attached hydrogen (secondary N) is 2. The number of aromatic hydroxyl groups is 1. The zero-order chi connectivity index (χ0) is 44.6. The van der Waals surface area contributed by atoms with Crippen LogP contribution in [0.4, 0.5) is 34.1 Å². The number of hydrogen-bond acceptors (Lipinski definition) is 18. The third kappa shape index (κ3) is 14.5. The van der Waals surface area contributed by atoms with Gasteiger partial charge in [-0.15, -0.1) is 16.7 Å². The van der Waals surface area contributed by atoms with Gasteiger partial charge in [0.15, 0.2) is 19.7 Å². The van der Waals surface area contributed by atoms with E-state index in [1.54, 1.807) is 19.2 Å². The molecule has 0 unspecified atom stereocenters. The molecule has 1 amide bonds. The molecule has 0 aliphatic rings. The van der Waals surface area contributed by atoms with Crippen molar-refractivity contribution in [2.45, 2.75) is 27.5 Å². The number of rotatable bonds is 17. The van der Waals surface area contributed by atoms with E-state index >= 15 is 0 Å². The Labute approximate surface area is 343 Å². The van der Waals surface area contributed by atoms with Gasteiger partial charge in [-0.2, -0.15) is 30.4 Å². The van der Waals surface area contributed by atoms with E-state index < -0.39 is 79.2 Å². The summed E-state index contributed by atoms with van der Waals surface area (Å²) < 4.78 is 146. The smallest absolute Gasteiger partial charge is 0.397 e. The third-order valence-corrected chi connectivity index (χ3v) is 13.7. The first-order valence-electron chi connectivity index (χ1n) is 16.2. The summed E-state index contributed by atoms with van der Waals surface area (Å²) in [5.74, 6) is -2.35. The number of anilines is 4. The second kappa shape index (κ2) is 19.6. The number of hydrogen-bond donors (Lipinski definition) is 8. The van der Waals surface area contributed by atoms with Crippen molar-refractivity contribution in [2.75, 3.05) is 58.9 Å². The lowest BCUT2D eigenvalue weighted by Gasteiger charge is -2.11. The molecule has 22 nitrogen and oxygen atoms in total. The van der Waals surface area contributed by atoms with Gasteiger partial charge >= 0.3 is 10.4 Å². The van der Waals surface area contributed by atoms with Crippen LogP contribution in [-0.2, 0) is 59.3 Å². The molecule has 0 fully saturated rings. The number of phenols is 1. The molecule has 4 rings (SSSR count). The van der Waals surface area contributed by atoms with E-state index in [0.29, 0.717) is 22.1 Å². The van der Waals surface area contributed by atoms with Crippen LogP contribution in [0.25, 0.3) is 10.8 Å². The van der Waals surface area contributed by atoms with Gasteiger partial charge in [0.1, 0.15) is 16.3 Å². The number of carbonyl (C=O) groups is 1. The van der Waals surface area contributed by atoms with Crippen molar-refractivity contribution in [3.05, 3.63) is 60.7 Å². The van der Waals surface area contributed by atoms with Crippen molar-refractivity contribution < 1.29 is 69.8 Å². The Morgan fingerprint density at radius 3 is 1.98 bits per heavy atom. The van der Waals surface area contributed by atoms with Crippen LogP contribution in [0.3, 0.4) is 0 Å². The van der Waals surface area contributed by atoms with Crippen LogP contribution in [0.15, 0.2) is 85.6 Å². The highest BCUT2D eigenvalue weighted by molar-refractivity contribution is 7.91. The van der Waals surface area contributed by atoms with Gasteiger partial charge in [0, 0.05) is 30.8 Å². The number of nitrogen functional groups attached to an aromatic ring is 2. The summed E-state index contributed by atoms with van der Waals surface area (Å²) in [5, 5.41) is 23.6. The van der Waals surface area contributed by atoms with Gasteiger partial charge in [0.05, 0.1) is 62.1 Å². The summed E-state index contributed by atoms with van der Waals surface area (Å²) >= 11 is 5.44.